The highest BCUT2D eigenvalue weighted by Gasteiger charge is 2.33. The van der Waals surface area contributed by atoms with Gasteiger partial charge in [-0.25, -0.2) is 0 Å². The zero-order chi connectivity index (χ0) is 14.0. The van der Waals surface area contributed by atoms with E-state index in [9.17, 15) is 10.2 Å². The van der Waals surface area contributed by atoms with Crippen molar-refractivity contribution in [1.82, 2.24) is 0 Å². The number of aliphatic hydroxyl groups excluding tert-OH is 1. The van der Waals surface area contributed by atoms with Crippen LogP contribution in [0.1, 0.15) is 30.9 Å². The first-order chi connectivity index (χ1) is 9.08. The minimum absolute atomic E-state index is 0. The van der Waals surface area contributed by atoms with Gasteiger partial charge in [0, 0.05) is 12.1 Å². The topological polar surface area (TPSA) is 84.9 Å². The first-order valence-corrected chi connectivity index (χ1v) is 6.47. The highest BCUT2D eigenvalue weighted by atomic mass is 35.5. The van der Waals surface area contributed by atoms with Gasteiger partial charge in [0.05, 0.1) is 31.9 Å². The number of phenols is 1. The van der Waals surface area contributed by atoms with E-state index in [1.165, 1.54) is 20.3 Å². The van der Waals surface area contributed by atoms with Crippen LogP contribution in [0.15, 0.2) is 12.1 Å². The van der Waals surface area contributed by atoms with Gasteiger partial charge in [-0.05, 0) is 18.8 Å². The molecule has 0 aliphatic heterocycles. The van der Waals surface area contributed by atoms with Crippen molar-refractivity contribution >= 4 is 12.4 Å². The first-order valence-electron chi connectivity index (χ1n) is 6.47. The molecule has 0 radical (unpaired) electrons. The molecule has 0 aromatic heterocycles. The van der Waals surface area contributed by atoms with Crippen LogP contribution in [0, 0.1) is 5.92 Å². The van der Waals surface area contributed by atoms with E-state index in [2.05, 4.69) is 0 Å². The van der Waals surface area contributed by atoms with Crippen LogP contribution >= 0.6 is 12.4 Å². The second-order valence-corrected chi connectivity index (χ2v) is 4.97. The SMILES string of the molecule is COc1cc(O)c([C@H](N)[C@H](O)C2CCC2)c(OC)c1.Cl. The lowest BCUT2D eigenvalue weighted by Crippen LogP contribution is -2.36. The maximum Gasteiger partial charge on any atom is 0.131 e. The molecule has 0 spiro atoms. The van der Waals surface area contributed by atoms with E-state index in [1.54, 1.807) is 6.07 Å². The monoisotopic (exact) mass is 303 g/mol. The van der Waals surface area contributed by atoms with E-state index in [0.29, 0.717) is 17.1 Å². The zero-order valence-electron chi connectivity index (χ0n) is 11.7. The molecule has 0 saturated heterocycles. The molecule has 0 unspecified atom stereocenters. The number of methoxy groups -OCH3 is 2. The van der Waals surface area contributed by atoms with E-state index < -0.39 is 12.1 Å². The summed E-state index contributed by atoms with van der Waals surface area (Å²) in [5.41, 5.74) is 6.52. The normalized spacial score (nSPS) is 17.6. The number of hydrogen-bond acceptors (Lipinski definition) is 5. The average molecular weight is 304 g/mol. The van der Waals surface area contributed by atoms with E-state index in [4.69, 9.17) is 15.2 Å². The Morgan fingerprint density at radius 2 is 1.90 bits per heavy atom. The molecule has 2 atom stereocenters. The molecular formula is C14H22ClNO4. The van der Waals surface area contributed by atoms with Crippen molar-refractivity contribution in [2.45, 2.75) is 31.4 Å². The lowest BCUT2D eigenvalue weighted by atomic mass is 9.77. The van der Waals surface area contributed by atoms with E-state index >= 15 is 0 Å². The van der Waals surface area contributed by atoms with Crippen molar-refractivity contribution in [3.63, 3.8) is 0 Å². The lowest BCUT2D eigenvalue weighted by molar-refractivity contribution is 0.0401. The molecule has 5 nitrogen and oxygen atoms in total. The van der Waals surface area contributed by atoms with Crippen molar-refractivity contribution in [3.05, 3.63) is 17.7 Å². The molecule has 20 heavy (non-hydrogen) atoms. The highest BCUT2D eigenvalue weighted by Crippen LogP contribution is 2.41. The largest absolute Gasteiger partial charge is 0.507 e. The number of phenolic OH excluding ortho intramolecular Hbond substituents is 1. The third-order valence-corrected chi connectivity index (χ3v) is 3.88. The van der Waals surface area contributed by atoms with Crippen molar-refractivity contribution in [2.75, 3.05) is 14.2 Å². The molecule has 4 N–H and O–H groups in total. The molecule has 1 saturated carbocycles. The third kappa shape index (κ3) is 3.11. The van der Waals surface area contributed by atoms with Crippen LogP contribution in [0.5, 0.6) is 17.2 Å². The van der Waals surface area contributed by atoms with Crippen LogP contribution in [0.2, 0.25) is 0 Å². The Hall–Kier alpha value is -1.17. The summed E-state index contributed by atoms with van der Waals surface area (Å²) >= 11 is 0. The molecular weight excluding hydrogens is 282 g/mol. The number of rotatable bonds is 5. The second kappa shape index (κ2) is 7.02. The van der Waals surface area contributed by atoms with Crippen LogP contribution < -0.4 is 15.2 Å². The molecule has 0 amide bonds. The number of nitrogens with two attached hydrogens (primary N) is 1. The fourth-order valence-corrected chi connectivity index (χ4v) is 2.45. The predicted molar refractivity (Wildman–Crippen MR) is 78.7 cm³/mol. The Labute approximate surface area is 125 Å². The van der Waals surface area contributed by atoms with Crippen molar-refractivity contribution in [2.24, 2.45) is 11.7 Å². The molecule has 1 fully saturated rings. The van der Waals surface area contributed by atoms with Crippen LogP contribution in [-0.4, -0.2) is 30.5 Å². The van der Waals surface area contributed by atoms with E-state index in [0.717, 1.165) is 19.3 Å². The third-order valence-electron chi connectivity index (χ3n) is 3.88. The molecule has 0 heterocycles. The number of hydrogen-bond donors (Lipinski definition) is 3. The van der Waals surface area contributed by atoms with Gasteiger partial charge < -0.3 is 25.4 Å². The standard InChI is InChI=1S/C14H21NO4.ClH/c1-18-9-6-10(16)12(11(7-9)19-2)13(15)14(17)8-4-3-5-8;/h6-8,13-14,16-17H,3-5,15H2,1-2H3;1H/t13-,14+;/m0./s1. The Balaban J connectivity index is 0.00000200. The second-order valence-electron chi connectivity index (χ2n) is 4.97. The fourth-order valence-electron chi connectivity index (χ4n) is 2.45. The summed E-state index contributed by atoms with van der Waals surface area (Å²) in [5, 5.41) is 20.3. The Kier molecular flexibility index (Phi) is 5.92. The van der Waals surface area contributed by atoms with Crippen molar-refractivity contribution in [1.29, 1.82) is 0 Å². The molecule has 1 aliphatic carbocycles. The number of benzene rings is 1. The molecule has 1 aromatic carbocycles. The molecule has 1 aromatic rings. The molecule has 1 aliphatic rings. The Bertz CT molecular complexity index is 451. The summed E-state index contributed by atoms with van der Waals surface area (Å²) in [6, 6.07) is 2.47. The van der Waals surface area contributed by atoms with Gasteiger partial charge in [0.15, 0.2) is 0 Å². The predicted octanol–water partition coefficient (Wildman–Crippen LogP) is 1.99. The first kappa shape index (κ1) is 16.9. The number of aromatic hydroxyl groups is 1. The smallest absolute Gasteiger partial charge is 0.131 e. The summed E-state index contributed by atoms with van der Waals surface area (Å²) in [6.45, 7) is 0. The van der Waals surface area contributed by atoms with Gasteiger partial charge in [-0.3, -0.25) is 0 Å². The minimum Gasteiger partial charge on any atom is -0.507 e. The van der Waals surface area contributed by atoms with Gasteiger partial charge in [0.25, 0.3) is 0 Å². The maximum atomic E-state index is 10.2. The fraction of sp³-hybridized carbons (Fsp3) is 0.571. The van der Waals surface area contributed by atoms with Crippen molar-refractivity contribution in [3.8, 4) is 17.2 Å². The quantitative estimate of drug-likeness (QED) is 0.774. The molecule has 114 valence electrons. The lowest BCUT2D eigenvalue weighted by Gasteiger charge is -2.34. The van der Waals surface area contributed by atoms with Gasteiger partial charge in [0.1, 0.15) is 17.2 Å². The average Bonchev–Trinajstić information content (AvgIpc) is 2.34. The van der Waals surface area contributed by atoms with Crippen LogP contribution in [0.3, 0.4) is 0 Å². The Morgan fingerprint density at radius 3 is 2.35 bits per heavy atom. The molecule has 0 bridgehead atoms. The molecule has 6 heteroatoms. The number of aliphatic hydroxyl groups is 1. The van der Waals surface area contributed by atoms with Crippen molar-refractivity contribution < 1.29 is 19.7 Å². The summed E-state index contributed by atoms with van der Waals surface area (Å²) in [5.74, 6) is 1.12. The number of halogens is 1. The van der Waals surface area contributed by atoms with Gasteiger partial charge in [-0.15, -0.1) is 12.4 Å². The number of ether oxygens (including phenoxy) is 2. The highest BCUT2D eigenvalue weighted by molar-refractivity contribution is 5.85. The van der Waals surface area contributed by atoms with E-state index in [1.807, 2.05) is 0 Å². The van der Waals surface area contributed by atoms with Crippen LogP contribution in [0.4, 0.5) is 0 Å². The van der Waals surface area contributed by atoms with Gasteiger partial charge in [-0.1, -0.05) is 6.42 Å². The van der Waals surface area contributed by atoms with Gasteiger partial charge in [0.2, 0.25) is 0 Å². The summed E-state index contributed by atoms with van der Waals surface area (Å²) in [6.07, 6.45) is 2.42. The Morgan fingerprint density at radius 1 is 1.25 bits per heavy atom. The maximum absolute atomic E-state index is 10.2. The van der Waals surface area contributed by atoms with Gasteiger partial charge >= 0.3 is 0 Å². The van der Waals surface area contributed by atoms with E-state index in [-0.39, 0.29) is 24.1 Å². The summed E-state index contributed by atoms with van der Waals surface area (Å²) < 4.78 is 10.3. The molecule has 2 rings (SSSR count). The van der Waals surface area contributed by atoms with Crippen LogP contribution in [0.25, 0.3) is 0 Å². The minimum atomic E-state index is -0.665. The van der Waals surface area contributed by atoms with Crippen LogP contribution in [-0.2, 0) is 0 Å². The summed E-state index contributed by atoms with van der Waals surface area (Å²) in [7, 11) is 3.01. The summed E-state index contributed by atoms with van der Waals surface area (Å²) in [4.78, 5) is 0. The van der Waals surface area contributed by atoms with Gasteiger partial charge in [-0.2, -0.15) is 0 Å². The zero-order valence-corrected chi connectivity index (χ0v) is 12.5.